The molecule has 35 nitrogen and oxygen atoms in total. The maximum absolute atomic E-state index is 15.0. The van der Waals surface area contributed by atoms with Crippen LogP contribution in [0.2, 0.25) is 0 Å². The fraction of sp³-hybridized carbons (Fsp3) is 0.624. The number of nitrogens with zero attached hydrogens (tertiary/aromatic N) is 4. The zero-order valence-corrected chi connectivity index (χ0v) is 81.6. The number of benzene rings is 4. The predicted octanol–water partition coefficient (Wildman–Crippen LogP) is 8.21. The molecule has 4 aromatic carbocycles. The highest BCUT2D eigenvalue weighted by molar-refractivity contribution is 7.85. The van der Waals surface area contributed by atoms with Crippen molar-refractivity contribution >= 4 is 86.3 Å². The van der Waals surface area contributed by atoms with Crippen molar-refractivity contribution in [3.05, 3.63) is 135 Å². The van der Waals surface area contributed by atoms with Gasteiger partial charge in [-0.05, 0) is 196 Å². The zero-order chi connectivity index (χ0) is 98.0. The first-order valence-electron chi connectivity index (χ1n) is 48.9. The van der Waals surface area contributed by atoms with Crippen LogP contribution in [0.1, 0.15) is 227 Å². The van der Waals surface area contributed by atoms with Gasteiger partial charge in [0.1, 0.15) is 36.5 Å². The third-order valence-electron chi connectivity index (χ3n) is 27.7. The smallest absolute Gasteiger partial charge is 0.266 e. The van der Waals surface area contributed by atoms with Crippen LogP contribution in [-0.2, 0) is 144 Å². The van der Waals surface area contributed by atoms with E-state index in [1.54, 1.807) is 25.7 Å². The van der Waals surface area contributed by atoms with Gasteiger partial charge < -0.3 is 90.5 Å². The summed E-state index contributed by atoms with van der Waals surface area (Å²) in [5.74, 6) is 1.39. The summed E-state index contributed by atoms with van der Waals surface area (Å²) in [7, 11) is -4.15. The van der Waals surface area contributed by atoms with Gasteiger partial charge in [0.05, 0.1) is 147 Å². The molecule has 0 bridgehead atoms. The molecule has 0 radical (unpaired) electrons. The molecule has 5 aromatic rings. The predicted molar refractivity (Wildman–Crippen MR) is 513 cm³/mol. The highest BCUT2D eigenvalue weighted by Crippen LogP contribution is 2.60. The number of nitrogens with one attached hydrogen (secondary N) is 8. The van der Waals surface area contributed by atoms with Crippen molar-refractivity contribution in [2.75, 3.05) is 154 Å². The average Bonchev–Trinajstić information content (AvgIpc) is 1.14. The highest BCUT2D eigenvalue weighted by atomic mass is 32.2. The second-order valence-corrected chi connectivity index (χ2v) is 39.5. The van der Waals surface area contributed by atoms with Gasteiger partial charge in [-0.3, -0.25) is 57.8 Å². The van der Waals surface area contributed by atoms with Gasteiger partial charge in [-0.15, -0.1) is 5.10 Å². The lowest BCUT2D eigenvalue weighted by molar-refractivity contribution is -0.150. The number of carbonyl (C=O) groups is 10. The van der Waals surface area contributed by atoms with Crippen molar-refractivity contribution in [1.29, 1.82) is 0 Å². The third-order valence-corrected chi connectivity index (χ3v) is 28.5. The van der Waals surface area contributed by atoms with Crippen LogP contribution in [0.15, 0.2) is 84.9 Å². The van der Waals surface area contributed by atoms with Gasteiger partial charge >= 0.3 is 0 Å². The van der Waals surface area contributed by atoms with Crippen LogP contribution >= 0.6 is 0 Å². The number of ether oxygens (including phenoxy) is 9. The standard InChI is InChI=1S/C101H143N13O22S/c1-69(2)91(95(122)106-70(3)93(120)107-77-33-29-73-31-35-85-99(5,79(73)66-77)41-18-43-101(85,7)97(124)110-96(123)100(6)42-17-40-98(4)78-65-76(102)32-28-72(78)30-34-84(98)100)109-94(121)80(108-88(117)39-49-129-53-57-133-60-62-134-58-54-130-50-45-104-86(115)36-37-90(119)113-67-75-21-12-11-19-71(75)26-27-74-20-13-14-23-81(74)113)22-15-16-44-103-89(118)68-136-83-25-10-8-9-24-82-92(83)111-112-114(82)47-51-131-55-59-135-63-61-132-56-52-128-48-38-87(116)105-46-64-137(125,126)127/h11-14,19-21,23,28-29,32-33,65-66,69-70,80,83-85,91H,8-10,15-18,22,24-25,30-31,34-64,67-68,102H2,1-7H3,(H,103,118)(H,104,115)(H,105,116)(H,106,122)(H,107,120)(H,108,117)(H,109,121)(H,110,123,124)(H,125,126,127)/t70-,80+,83?,84+,85+,91-,98+,99+,100-,101-/m0/s1. The second-order valence-electron chi connectivity index (χ2n) is 37.9. The molecule has 1 unspecified atom stereocenters. The molecule has 11 rings (SSSR count). The molecule has 0 saturated heterocycles. The number of amides is 10. The molecule has 36 heteroatoms. The first kappa shape index (κ1) is 107. The lowest BCUT2D eigenvalue weighted by atomic mass is 9.49. The van der Waals surface area contributed by atoms with Gasteiger partial charge in [0.15, 0.2) is 0 Å². The molecule has 1 aromatic heterocycles. The molecule has 0 spiro atoms. The molecule has 750 valence electrons. The number of hydrogen-bond acceptors (Lipinski definition) is 24. The molecular formula is C101H143N13O22S. The number of carbonyl (C=O) groups excluding carboxylic acids is 10. The summed E-state index contributed by atoms with van der Waals surface area (Å²) in [5.41, 5.74) is 14.7. The van der Waals surface area contributed by atoms with Crippen molar-refractivity contribution in [3.8, 4) is 11.8 Å². The molecule has 10 amide bonds. The average molecular weight is 1920 g/mol. The third kappa shape index (κ3) is 30.9. The number of rotatable bonds is 54. The summed E-state index contributed by atoms with van der Waals surface area (Å²) in [5, 5.41) is 31.7. The van der Waals surface area contributed by atoms with E-state index in [0.717, 1.165) is 104 Å². The van der Waals surface area contributed by atoms with Crippen molar-refractivity contribution in [2.45, 2.75) is 238 Å². The normalized spacial score (nSPS) is 21.0. The number of imide groups is 1. The molecule has 10 atom stereocenters. The van der Waals surface area contributed by atoms with Gasteiger partial charge in [-0.25, -0.2) is 4.68 Å². The number of aromatic nitrogens is 3. The molecule has 137 heavy (non-hydrogen) atoms. The van der Waals surface area contributed by atoms with Crippen molar-refractivity contribution in [3.63, 3.8) is 0 Å². The summed E-state index contributed by atoms with van der Waals surface area (Å²) in [6.45, 7) is 18.5. The molecule has 1 aliphatic heterocycles. The van der Waals surface area contributed by atoms with Crippen LogP contribution in [0.3, 0.4) is 0 Å². The van der Waals surface area contributed by atoms with Gasteiger partial charge in [-0.2, -0.15) is 8.42 Å². The van der Waals surface area contributed by atoms with Crippen LogP contribution in [0.5, 0.6) is 0 Å². The summed E-state index contributed by atoms with van der Waals surface area (Å²) in [4.78, 5) is 140. The Labute approximate surface area is 805 Å². The lowest BCUT2D eigenvalue weighted by Crippen LogP contribution is -2.60. The van der Waals surface area contributed by atoms with Crippen LogP contribution in [0.25, 0.3) is 0 Å². The Kier molecular flexibility index (Phi) is 41.3. The number of unbranched alkanes of at least 4 members (excludes halogenated alkanes) is 1. The maximum atomic E-state index is 15.0. The summed E-state index contributed by atoms with van der Waals surface area (Å²) in [6, 6.07) is 23.9. The number of fused-ring (bicyclic) bond motifs is 9. The highest BCUT2D eigenvalue weighted by Gasteiger charge is 2.59. The van der Waals surface area contributed by atoms with Gasteiger partial charge in [0, 0.05) is 67.8 Å². The summed E-state index contributed by atoms with van der Waals surface area (Å²) in [6.07, 6.45) is 12.3. The minimum atomic E-state index is -4.15. The number of nitrogens with two attached hydrogens (primary N) is 1. The van der Waals surface area contributed by atoms with Crippen molar-refractivity contribution < 1.29 is 104 Å². The minimum absolute atomic E-state index is 0.00211. The Bertz CT molecular complexity index is 5100. The lowest BCUT2D eigenvalue weighted by Gasteiger charge is -2.56. The molecule has 2 fully saturated rings. The second kappa shape index (κ2) is 52.7. The monoisotopic (exact) mass is 1920 g/mol. The SMILES string of the molecule is CC(C)[C@H](NC(=O)[C@@H](CCCCNC(=O)COC1CCCCCc2c1nnn2CCOCCOCCOCCOCCC(=O)NCCS(=O)(=O)O)NC(=O)CCOCCOCCOCCOCCNC(=O)CCC(=O)N1Cc2ccccc2C#Cc2ccccc21)C(=O)N[C@@H](C)C(=O)Nc1ccc2c(c1)[C@@]1(C)CCC[C@](C)(C(=O)NC(=O)[C@@]3(C)CCC[C@]4(C)c5cc(N)ccc5CC[C@@H]34)[C@@H]1CC2. The van der Waals surface area contributed by atoms with E-state index < -0.39 is 91.8 Å². The topological polar surface area (TPSA) is 464 Å². The van der Waals surface area contributed by atoms with Crippen molar-refractivity contribution in [2.24, 2.45) is 28.6 Å². The zero-order valence-electron chi connectivity index (χ0n) is 80.7. The molecule has 2 heterocycles. The Hall–Kier alpha value is -10.2. The molecule has 6 aliphatic rings. The van der Waals surface area contributed by atoms with E-state index in [2.05, 4.69) is 97.6 Å². The first-order valence-corrected chi connectivity index (χ1v) is 50.5. The maximum Gasteiger partial charge on any atom is 0.266 e. The molecular weight excluding hydrogens is 1780 g/mol. The summed E-state index contributed by atoms with van der Waals surface area (Å²) < 4.78 is 83.5. The van der Waals surface area contributed by atoms with Gasteiger partial charge in [0.25, 0.3) is 10.1 Å². The largest absolute Gasteiger partial charge is 0.399 e. The molecule has 11 N–H and O–H groups in total. The fourth-order valence-corrected chi connectivity index (χ4v) is 20.6. The summed E-state index contributed by atoms with van der Waals surface area (Å²) >= 11 is 0. The van der Waals surface area contributed by atoms with Crippen LogP contribution in [-0.4, -0.2) is 243 Å². The van der Waals surface area contributed by atoms with E-state index in [1.165, 1.54) is 11.1 Å². The van der Waals surface area contributed by atoms with Crippen molar-refractivity contribution in [1.82, 2.24) is 52.2 Å². The number of anilines is 3. The quantitative estimate of drug-likeness (QED) is 0.00576. The van der Waals surface area contributed by atoms with Crippen LogP contribution in [0.4, 0.5) is 17.1 Å². The molecule has 2 saturated carbocycles. The Morgan fingerprint density at radius 3 is 1.72 bits per heavy atom. The van der Waals surface area contributed by atoms with E-state index in [1.807, 2.05) is 84.4 Å². The van der Waals surface area contributed by atoms with Crippen LogP contribution in [0, 0.1) is 40.4 Å². The van der Waals surface area contributed by atoms with Gasteiger partial charge in [-0.1, -0.05) is 127 Å². The first-order chi connectivity index (χ1) is 65.9. The molecule has 5 aliphatic carbocycles. The Morgan fingerprint density at radius 1 is 0.526 bits per heavy atom. The number of hydrogen-bond donors (Lipinski definition) is 10. The van der Waals surface area contributed by atoms with E-state index >= 15 is 4.79 Å². The van der Waals surface area contributed by atoms with E-state index in [-0.39, 0.29) is 178 Å². The number of nitrogen functional groups attached to an aromatic ring is 1. The van der Waals surface area contributed by atoms with Crippen LogP contribution < -0.4 is 53.2 Å². The fourth-order valence-electron chi connectivity index (χ4n) is 20.3. The Morgan fingerprint density at radius 2 is 1.08 bits per heavy atom. The number of aryl methyl sites for hydroxylation is 2. The van der Waals surface area contributed by atoms with Gasteiger partial charge in [0.2, 0.25) is 59.1 Å². The number of para-hydroxylation sites is 1. The Balaban J connectivity index is 0.609. The van der Waals surface area contributed by atoms with E-state index in [9.17, 15) is 51.6 Å². The van der Waals surface area contributed by atoms with E-state index in [0.29, 0.717) is 107 Å². The van der Waals surface area contributed by atoms with E-state index in [4.69, 9.17) is 52.9 Å². The minimum Gasteiger partial charge on any atom is -0.399 e.